The minimum Gasteiger partial charge on any atom is -0.535 e. The van der Waals surface area contributed by atoms with Gasteiger partial charge in [-0.05, 0) is 24.4 Å². The number of fused-ring (bicyclic) bond motifs is 1. The summed E-state index contributed by atoms with van der Waals surface area (Å²) in [5.74, 6) is -0.984. The molecule has 0 radical (unpaired) electrons. The standard InChI is InChI=1S/C13H16BNO7S/c1-23(19,20)15-6-9(7-15)21-10-3-2-8-4-5-14(18)22-12(8)11(10)13(16)17/h2-3,9,18H,4-7H2,1H3,(H,16,17). The third kappa shape index (κ3) is 3.14. The van der Waals surface area contributed by atoms with Gasteiger partial charge in [0.25, 0.3) is 0 Å². The van der Waals surface area contributed by atoms with E-state index in [0.717, 1.165) is 6.26 Å². The molecule has 2 N–H and O–H groups in total. The van der Waals surface area contributed by atoms with E-state index in [9.17, 15) is 23.3 Å². The predicted molar refractivity (Wildman–Crippen MR) is 81.3 cm³/mol. The molecule has 8 nitrogen and oxygen atoms in total. The zero-order chi connectivity index (χ0) is 16.8. The maximum Gasteiger partial charge on any atom is 0.522 e. The van der Waals surface area contributed by atoms with Crippen LogP contribution in [0.3, 0.4) is 0 Å². The van der Waals surface area contributed by atoms with Crippen molar-refractivity contribution in [3.63, 3.8) is 0 Å². The number of hydrogen-bond donors (Lipinski definition) is 2. The van der Waals surface area contributed by atoms with Gasteiger partial charge >= 0.3 is 13.1 Å². The summed E-state index contributed by atoms with van der Waals surface area (Å²) in [6, 6.07) is 3.25. The molecule has 0 saturated carbocycles. The molecule has 0 bridgehead atoms. The van der Waals surface area contributed by atoms with Crippen LogP contribution < -0.4 is 9.39 Å². The quantitative estimate of drug-likeness (QED) is 0.731. The summed E-state index contributed by atoms with van der Waals surface area (Å²) in [5.41, 5.74) is 0.561. The lowest BCUT2D eigenvalue weighted by molar-refractivity contribution is 0.0634. The number of nitrogens with zero attached hydrogens (tertiary/aromatic N) is 1. The number of carboxylic acid groups (broad SMARTS) is 1. The zero-order valence-corrected chi connectivity index (χ0v) is 13.2. The van der Waals surface area contributed by atoms with Crippen LogP contribution in [0.25, 0.3) is 0 Å². The topological polar surface area (TPSA) is 113 Å². The van der Waals surface area contributed by atoms with Gasteiger partial charge in [0.15, 0.2) is 0 Å². The van der Waals surface area contributed by atoms with E-state index >= 15 is 0 Å². The van der Waals surface area contributed by atoms with Gasteiger partial charge in [-0.3, -0.25) is 0 Å². The molecular formula is C13H16BNO7S. The van der Waals surface area contributed by atoms with Crippen molar-refractivity contribution < 1.29 is 32.7 Å². The highest BCUT2D eigenvalue weighted by Gasteiger charge is 2.36. The van der Waals surface area contributed by atoms with Crippen LogP contribution in [0.2, 0.25) is 6.32 Å². The fourth-order valence-corrected chi connectivity index (χ4v) is 3.51. The molecule has 2 aliphatic heterocycles. The highest BCUT2D eigenvalue weighted by Crippen LogP contribution is 2.37. The lowest BCUT2D eigenvalue weighted by Crippen LogP contribution is -2.55. The molecule has 10 heteroatoms. The van der Waals surface area contributed by atoms with Crippen molar-refractivity contribution in [3.8, 4) is 11.5 Å². The van der Waals surface area contributed by atoms with E-state index in [2.05, 4.69) is 0 Å². The van der Waals surface area contributed by atoms with Crippen LogP contribution in [0.1, 0.15) is 15.9 Å². The molecule has 0 unspecified atom stereocenters. The summed E-state index contributed by atoms with van der Waals surface area (Å²) < 4.78 is 34.8. The molecule has 3 rings (SSSR count). The first kappa shape index (κ1) is 16.1. The van der Waals surface area contributed by atoms with E-state index in [-0.39, 0.29) is 30.2 Å². The van der Waals surface area contributed by atoms with Crippen LogP contribution in [0, 0.1) is 0 Å². The van der Waals surface area contributed by atoms with Crippen molar-refractivity contribution in [3.05, 3.63) is 23.3 Å². The summed E-state index contributed by atoms with van der Waals surface area (Å²) >= 11 is 0. The largest absolute Gasteiger partial charge is 0.535 e. The van der Waals surface area contributed by atoms with E-state index in [1.807, 2.05) is 0 Å². The van der Waals surface area contributed by atoms with Gasteiger partial charge in [-0.15, -0.1) is 0 Å². The van der Waals surface area contributed by atoms with Gasteiger partial charge in [0, 0.05) is 0 Å². The van der Waals surface area contributed by atoms with Crippen LogP contribution >= 0.6 is 0 Å². The second kappa shape index (κ2) is 5.70. The van der Waals surface area contributed by atoms with E-state index in [0.29, 0.717) is 18.3 Å². The van der Waals surface area contributed by atoms with Gasteiger partial charge in [0.05, 0.1) is 19.3 Å². The molecule has 0 aliphatic carbocycles. The Balaban J connectivity index is 1.83. The average Bonchev–Trinajstić information content (AvgIpc) is 2.39. The summed E-state index contributed by atoms with van der Waals surface area (Å²) in [5, 5.41) is 19.0. The first-order valence-corrected chi connectivity index (χ1v) is 8.96. The van der Waals surface area contributed by atoms with Gasteiger partial charge in [-0.1, -0.05) is 6.07 Å². The number of hydrogen-bond acceptors (Lipinski definition) is 6. The molecular weight excluding hydrogens is 325 g/mol. The molecule has 23 heavy (non-hydrogen) atoms. The molecule has 124 valence electrons. The Labute approximate surface area is 133 Å². The highest BCUT2D eigenvalue weighted by atomic mass is 32.2. The van der Waals surface area contributed by atoms with E-state index in [1.165, 1.54) is 4.31 Å². The van der Waals surface area contributed by atoms with Crippen LogP contribution in [0.5, 0.6) is 11.5 Å². The van der Waals surface area contributed by atoms with Crippen molar-refractivity contribution in [2.24, 2.45) is 0 Å². The van der Waals surface area contributed by atoms with Gasteiger partial charge < -0.3 is 19.5 Å². The normalized spacial score (nSPS) is 18.8. The lowest BCUT2D eigenvalue weighted by atomic mass is 9.78. The fourth-order valence-electron chi connectivity index (χ4n) is 2.64. The monoisotopic (exact) mass is 341 g/mol. The third-order valence-corrected chi connectivity index (χ3v) is 5.14. The Bertz CT molecular complexity index is 745. The lowest BCUT2D eigenvalue weighted by Gasteiger charge is -2.37. The molecule has 0 aromatic heterocycles. The third-order valence-electron chi connectivity index (χ3n) is 3.91. The summed E-state index contributed by atoms with van der Waals surface area (Å²) in [6.45, 7) is 0.358. The number of ether oxygens (including phenoxy) is 1. The molecule has 2 aliphatic rings. The number of rotatable bonds is 4. The maximum absolute atomic E-state index is 11.6. The minimum atomic E-state index is -3.26. The first-order chi connectivity index (χ1) is 10.8. The van der Waals surface area contributed by atoms with E-state index < -0.39 is 29.2 Å². The smallest absolute Gasteiger partial charge is 0.522 e. The molecule has 1 aromatic carbocycles. The molecule has 0 spiro atoms. The second-order valence-electron chi connectivity index (χ2n) is 5.66. The maximum atomic E-state index is 11.6. The van der Waals surface area contributed by atoms with Crippen LogP contribution in [0.15, 0.2) is 12.1 Å². The Morgan fingerprint density at radius 1 is 1.43 bits per heavy atom. The summed E-state index contributed by atoms with van der Waals surface area (Å²) in [6.07, 6.45) is 1.62. The van der Waals surface area contributed by atoms with Gasteiger partial charge in [-0.25, -0.2) is 13.2 Å². The molecule has 2 heterocycles. The van der Waals surface area contributed by atoms with Crippen LogP contribution in [0.4, 0.5) is 0 Å². The molecule has 0 amide bonds. The Hall–Kier alpha value is -1.78. The number of sulfonamides is 1. The van der Waals surface area contributed by atoms with Crippen molar-refractivity contribution in [1.82, 2.24) is 4.31 Å². The Kier molecular flexibility index (Phi) is 3.99. The van der Waals surface area contributed by atoms with Crippen LogP contribution in [-0.2, 0) is 16.4 Å². The van der Waals surface area contributed by atoms with E-state index in [1.54, 1.807) is 12.1 Å². The predicted octanol–water partition coefficient (Wildman–Crippen LogP) is -0.177. The van der Waals surface area contributed by atoms with E-state index in [4.69, 9.17) is 9.39 Å². The summed E-state index contributed by atoms with van der Waals surface area (Å²) in [7, 11) is -4.30. The highest BCUT2D eigenvalue weighted by molar-refractivity contribution is 7.88. The van der Waals surface area contributed by atoms with Crippen molar-refractivity contribution >= 4 is 23.1 Å². The molecule has 1 aromatic rings. The fraction of sp³-hybridized carbons (Fsp3) is 0.462. The SMILES string of the molecule is CS(=O)(=O)N1CC(Oc2ccc3c(c2C(=O)O)OB(O)CC3)C1. The summed E-state index contributed by atoms with van der Waals surface area (Å²) in [4.78, 5) is 11.6. The molecule has 1 saturated heterocycles. The Morgan fingerprint density at radius 2 is 2.13 bits per heavy atom. The van der Waals surface area contributed by atoms with Crippen molar-refractivity contribution in [2.75, 3.05) is 19.3 Å². The van der Waals surface area contributed by atoms with Gasteiger partial charge in [-0.2, -0.15) is 4.31 Å². The molecule has 1 fully saturated rings. The van der Waals surface area contributed by atoms with Gasteiger partial charge in [0.2, 0.25) is 10.0 Å². The second-order valence-corrected chi connectivity index (χ2v) is 7.65. The first-order valence-electron chi connectivity index (χ1n) is 7.11. The zero-order valence-electron chi connectivity index (χ0n) is 12.4. The number of carboxylic acids is 1. The average molecular weight is 341 g/mol. The number of benzene rings is 1. The Morgan fingerprint density at radius 3 is 2.74 bits per heavy atom. The minimum absolute atomic E-state index is 0.114. The van der Waals surface area contributed by atoms with Crippen molar-refractivity contribution in [1.29, 1.82) is 0 Å². The molecule has 0 atom stereocenters. The van der Waals surface area contributed by atoms with Crippen LogP contribution in [-0.4, -0.2) is 61.4 Å². The van der Waals surface area contributed by atoms with Gasteiger partial charge in [0.1, 0.15) is 23.2 Å². The van der Waals surface area contributed by atoms with Crippen molar-refractivity contribution in [2.45, 2.75) is 18.8 Å². The number of aromatic carboxylic acids is 1. The number of aryl methyl sites for hydroxylation is 1. The number of carbonyl (C=O) groups is 1.